The summed E-state index contributed by atoms with van der Waals surface area (Å²) >= 11 is 6.13. The Bertz CT molecular complexity index is 955. The number of benzene rings is 2. The molecule has 0 aliphatic heterocycles. The van der Waals surface area contributed by atoms with Gasteiger partial charge in [0.1, 0.15) is 5.75 Å². The molecule has 0 fully saturated rings. The van der Waals surface area contributed by atoms with E-state index in [1.807, 2.05) is 44.2 Å². The molecule has 1 aromatic heterocycles. The lowest BCUT2D eigenvalue weighted by molar-refractivity contribution is -0.127. The summed E-state index contributed by atoms with van der Waals surface area (Å²) in [6.07, 6.45) is -0.655. The van der Waals surface area contributed by atoms with E-state index in [9.17, 15) is 4.79 Å². The molecule has 1 atom stereocenters. The summed E-state index contributed by atoms with van der Waals surface area (Å²) < 4.78 is 10.9. The third kappa shape index (κ3) is 4.65. The highest BCUT2D eigenvalue weighted by molar-refractivity contribution is 6.33. The molecule has 7 heteroatoms. The van der Waals surface area contributed by atoms with Gasteiger partial charge in [-0.2, -0.15) is 4.98 Å². The van der Waals surface area contributed by atoms with Crippen LogP contribution >= 0.6 is 11.6 Å². The molecule has 1 heterocycles. The summed E-state index contributed by atoms with van der Waals surface area (Å²) in [4.78, 5) is 16.5. The van der Waals surface area contributed by atoms with E-state index >= 15 is 0 Å². The maximum Gasteiger partial charge on any atom is 0.261 e. The van der Waals surface area contributed by atoms with Gasteiger partial charge >= 0.3 is 0 Å². The molecule has 0 aliphatic carbocycles. The van der Waals surface area contributed by atoms with Crippen molar-refractivity contribution < 1.29 is 14.1 Å². The van der Waals surface area contributed by atoms with E-state index < -0.39 is 6.10 Å². The molecule has 27 heavy (non-hydrogen) atoms. The number of nitrogens with zero attached hydrogens (tertiary/aromatic N) is 2. The highest BCUT2D eigenvalue weighted by atomic mass is 35.5. The molecule has 140 valence electrons. The number of aromatic nitrogens is 2. The Balaban J connectivity index is 1.57. The number of hydrogen-bond acceptors (Lipinski definition) is 5. The van der Waals surface area contributed by atoms with Crippen molar-refractivity contribution in [3.8, 4) is 17.1 Å². The number of hydrogen-bond donors (Lipinski definition) is 1. The van der Waals surface area contributed by atoms with Gasteiger partial charge in [0.2, 0.25) is 11.7 Å². The van der Waals surface area contributed by atoms with Crippen LogP contribution in [0.15, 0.2) is 47.0 Å². The van der Waals surface area contributed by atoms with Gasteiger partial charge in [-0.3, -0.25) is 4.79 Å². The summed E-state index contributed by atoms with van der Waals surface area (Å²) in [7, 11) is 0. The lowest BCUT2D eigenvalue weighted by atomic mass is 10.1. The molecule has 0 aliphatic rings. The first-order valence-electron chi connectivity index (χ1n) is 8.53. The van der Waals surface area contributed by atoms with Gasteiger partial charge in [-0.25, -0.2) is 0 Å². The molecule has 0 saturated heterocycles. The van der Waals surface area contributed by atoms with Crippen LogP contribution in [0.2, 0.25) is 5.02 Å². The summed E-state index contributed by atoms with van der Waals surface area (Å²) in [6, 6.07) is 12.9. The largest absolute Gasteiger partial charge is 0.481 e. The molecule has 0 saturated carbocycles. The Morgan fingerprint density at radius 1 is 1.22 bits per heavy atom. The summed E-state index contributed by atoms with van der Waals surface area (Å²) in [5.74, 6) is 1.05. The minimum absolute atomic E-state index is 0.108. The normalized spacial score (nSPS) is 11.9. The fraction of sp³-hybridized carbons (Fsp3) is 0.250. The zero-order chi connectivity index (χ0) is 19.4. The summed E-state index contributed by atoms with van der Waals surface area (Å²) in [5.41, 5.74) is 2.95. The molecule has 1 amide bonds. The van der Waals surface area contributed by atoms with Crippen molar-refractivity contribution in [2.75, 3.05) is 0 Å². The van der Waals surface area contributed by atoms with E-state index in [1.165, 1.54) is 5.56 Å². The Morgan fingerprint density at radius 3 is 2.74 bits per heavy atom. The van der Waals surface area contributed by atoms with Gasteiger partial charge in [0.05, 0.1) is 11.6 Å². The zero-order valence-electron chi connectivity index (χ0n) is 15.3. The van der Waals surface area contributed by atoms with Crippen LogP contribution in [0.1, 0.15) is 23.9 Å². The SMILES string of the molecule is Cc1ccc(O[C@@H](C)C(=O)NCc2nc(-c3ccccc3Cl)no2)cc1C. The first-order chi connectivity index (χ1) is 12.9. The van der Waals surface area contributed by atoms with Gasteiger partial charge in [-0.1, -0.05) is 35.0 Å². The van der Waals surface area contributed by atoms with Gasteiger partial charge in [-0.05, 0) is 56.2 Å². The molecule has 6 nitrogen and oxygen atoms in total. The van der Waals surface area contributed by atoms with Gasteiger partial charge in [-0.15, -0.1) is 0 Å². The van der Waals surface area contributed by atoms with E-state index in [4.69, 9.17) is 20.9 Å². The van der Waals surface area contributed by atoms with Crippen molar-refractivity contribution in [2.24, 2.45) is 0 Å². The third-order valence-corrected chi connectivity index (χ3v) is 4.49. The van der Waals surface area contributed by atoms with E-state index in [0.29, 0.717) is 22.2 Å². The fourth-order valence-corrected chi connectivity index (χ4v) is 2.65. The average Bonchev–Trinajstić information content (AvgIpc) is 3.12. The minimum atomic E-state index is -0.655. The van der Waals surface area contributed by atoms with Crippen LogP contribution in [-0.2, 0) is 11.3 Å². The van der Waals surface area contributed by atoms with Crippen molar-refractivity contribution in [1.82, 2.24) is 15.5 Å². The van der Waals surface area contributed by atoms with Crippen molar-refractivity contribution >= 4 is 17.5 Å². The number of nitrogens with one attached hydrogen (secondary N) is 1. The van der Waals surface area contributed by atoms with Crippen molar-refractivity contribution in [3.63, 3.8) is 0 Å². The second-order valence-electron chi connectivity index (χ2n) is 6.22. The average molecular weight is 386 g/mol. The topological polar surface area (TPSA) is 77.2 Å². The molecule has 0 radical (unpaired) electrons. The molecular weight excluding hydrogens is 366 g/mol. The van der Waals surface area contributed by atoms with Crippen molar-refractivity contribution in [1.29, 1.82) is 0 Å². The van der Waals surface area contributed by atoms with Gasteiger partial charge in [0.25, 0.3) is 5.91 Å². The van der Waals surface area contributed by atoms with Crippen LogP contribution in [-0.4, -0.2) is 22.2 Å². The summed E-state index contributed by atoms with van der Waals surface area (Å²) in [5, 5.41) is 7.17. The number of rotatable bonds is 6. The van der Waals surface area contributed by atoms with Gasteiger partial charge in [0, 0.05) is 5.56 Å². The molecule has 0 spiro atoms. The molecule has 0 unspecified atom stereocenters. The molecule has 2 aromatic carbocycles. The third-order valence-electron chi connectivity index (χ3n) is 4.16. The van der Waals surface area contributed by atoms with Crippen LogP contribution in [0.4, 0.5) is 0 Å². The predicted molar refractivity (Wildman–Crippen MR) is 103 cm³/mol. The first kappa shape index (κ1) is 18.9. The van der Waals surface area contributed by atoms with Crippen LogP contribution < -0.4 is 10.1 Å². The molecule has 1 N–H and O–H groups in total. The quantitative estimate of drug-likeness (QED) is 0.691. The monoisotopic (exact) mass is 385 g/mol. The van der Waals surface area contributed by atoms with E-state index in [-0.39, 0.29) is 18.3 Å². The van der Waals surface area contributed by atoms with Crippen molar-refractivity contribution in [3.05, 3.63) is 64.5 Å². The number of amides is 1. The molecule has 3 rings (SSSR count). The zero-order valence-corrected chi connectivity index (χ0v) is 16.1. The van der Waals surface area contributed by atoms with Gasteiger partial charge in [0.15, 0.2) is 6.10 Å². The number of aryl methyl sites for hydroxylation is 2. The Labute approximate surface area is 162 Å². The highest BCUT2D eigenvalue weighted by Crippen LogP contribution is 2.24. The fourth-order valence-electron chi connectivity index (χ4n) is 2.43. The van der Waals surface area contributed by atoms with E-state index in [1.54, 1.807) is 19.1 Å². The van der Waals surface area contributed by atoms with Crippen LogP contribution in [0.3, 0.4) is 0 Å². The Kier molecular flexibility index (Phi) is 5.76. The number of carbonyl (C=O) groups is 1. The number of halogens is 1. The van der Waals surface area contributed by atoms with Crippen LogP contribution in [0.5, 0.6) is 5.75 Å². The minimum Gasteiger partial charge on any atom is -0.481 e. The second kappa shape index (κ2) is 8.22. The second-order valence-corrected chi connectivity index (χ2v) is 6.62. The molecular formula is C20H20ClN3O3. The van der Waals surface area contributed by atoms with Crippen LogP contribution in [0.25, 0.3) is 11.4 Å². The number of carbonyl (C=O) groups excluding carboxylic acids is 1. The van der Waals surface area contributed by atoms with E-state index in [0.717, 1.165) is 5.56 Å². The first-order valence-corrected chi connectivity index (χ1v) is 8.91. The maximum atomic E-state index is 12.3. The lowest BCUT2D eigenvalue weighted by Gasteiger charge is -2.15. The van der Waals surface area contributed by atoms with Crippen molar-refractivity contribution in [2.45, 2.75) is 33.4 Å². The standard InChI is InChI=1S/C20H20ClN3O3/c1-12-8-9-15(10-13(12)2)26-14(3)20(25)22-11-18-23-19(24-27-18)16-6-4-5-7-17(16)21/h4-10,14H,11H2,1-3H3,(H,22,25)/t14-/m0/s1. The molecule has 3 aromatic rings. The van der Waals surface area contributed by atoms with Gasteiger partial charge < -0.3 is 14.6 Å². The molecule has 0 bridgehead atoms. The Hall–Kier alpha value is -2.86. The Morgan fingerprint density at radius 2 is 2.00 bits per heavy atom. The van der Waals surface area contributed by atoms with E-state index in [2.05, 4.69) is 15.5 Å². The highest BCUT2D eigenvalue weighted by Gasteiger charge is 2.17. The number of ether oxygens (including phenoxy) is 1. The maximum absolute atomic E-state index is 12.3. The van der Waals surface area contributed by atoms with Crippen LogP contribution in [0, 0.1) is 13.8 Å². The smallest absolute Gasteiger partial charge is 0.261 e. The summed E-state index contributed by atoms with van der Waals surface area (Å²) in [6.45, 7) is 5.82. The lowest BCUT2D eigenvalue weighted by Crippen LogP contribution is -2.36. The predicted octanol–water partition coefficient (Wildman–Crippen LogP) is 4.09.